The van der Waals surface area contributed by atoms with Crippen molar-refractivity contribution >= 4 is 23.3 Å². The number of rotatable bonds is 7. The van der Waals surface area contributed by atoms with E-state index < -0.39 is 0 Å². The number of nitrogens with zero attached hydrogens (tertiary/aromatic N) is 1. The van der Waals surface area contributed by atoms with E-state index in [9.17, 15) is 4.79 Å². The summed E-state index contributed by atoms with van der Waals surface area (Å²) < 4.78 is 10.2. The molecule has 0 radical (unpaired) electrons. The molecule has 0 saturated heterocycles. The van der Waals surface area contributed by atoms with E-state index >= 15 is 0 Å². The average molecular weight is 322 g/mol. The summed E-state index contributed by atoms with van der Waals surface area (Å²) in [6.07, 6.45) is 2.14. The Kier molecular flexibility index (Phi) is 6.03. The molecule has 1 heterocycles. The van der Waals surface area contributed by atoms with Gasteiger partial charge in [-0.3, -0.25) is 4.79 Å². The Labute approximate surface area is 133 Å². The van der Waals surface area contributed by atoms with Gasteiger partial charge in [0.25, 0.3) is 0 Å². The van der Waals surface area contributed by atoms with Crippen LogP contribution in [0.4, 0.5) is 0 Å². The summed E-state index contributed by atoms with van der Waals surface area (Å²) in [6, 6.07) is 10.7. The molecule has 0 bridgehead atoms. The van der Waals surface area contributed by atoms with E-state index in [2.05, 4.69) is 5.16 Å². The van der Waals surface area contributed by atoms with Crippen LogP contribution in [0.15, 0.2) is 52.2 Å². The fourth-order valence-electron chi connectivity index (χ4n) is 1.83. The molecule has 2 aromatic rings. The van der Waals surface area contributed by atoms with Crippen LogP contribution in [-0.4, -0.2) is 18.8 Å². The highest BCUT2D eigenvalue weighted by atomic mass is 35.5. The van der Waals surface area contributed by atoms with E-state index in [-0.39, 0.29) is 19.0 Å². The van der Waals surface area contributed by atoms with Crippen molar-refractivity contribution in [2.45, 2.75) is 19.4 Å². The highest BCUT2D eigenvalue weighted by molar-refractivity contribution is 6.30. The predicted molar refractivity (Wildman–Crippen MR) is 82.7 cm³/mol. The van der Waals surface area contributed by atoms with Crippen molar-refractivity contribution in [2.75, 3.05) is 7.11 Å². The number of furan rings is 1. The number of carbonyl (C=O) groups is 1. The summed E-state index contributed by atoms with van der Waals surface area (Å²) >= 11 is 5.86. The van der Waals surface area contributed by atoms with Gasteiger partial charge >= 0.3 is 5.97 Å². The summed E-state index contributed by atoms with van der Waals surface area (Å²) in [5.74, 6) is 0.283. The third kappa shape index (κ3) is 4.93. The first kappa shape index (κ1) is 16.1. The lowest BCUT2D eigenvalue weighted by molar-refractivity contribution is -0.145. The number of carbonyl (C=O) groups excluding carboxylic acids is 1. The van der Waals surface area contributed by atoms with E-state index in [0.717, 1.165) is 5.56 Å². The smallest absolute Gasteiger partial charge is 0.306 e. The predicted octanol–water partition coefficient (Wildman–Crippen LogP) is 3.81. The number of oxime groups is 1. The lowest BCUT2D eigenvalue weighted by atomic mass is 10.1. The highest BCUT2D eigenvalue weighted by Crippen LogP contribution is 2.13. The van der Waals surface area contributed by atoms with Gasteiger partial charge in [0.1, 0.15) is 19.5 Å². The van der Waals surface area contributed by atoms with Crippen molar-refractivity contribution in [3.8, 4) is 0 Å². The van der Waals surface area contributed by atoms with Crippen molar-refractivity contribution in [3.63, 3.8) is 0 Å². The standard InChI is InChI=1S/C16H16ClNO4/c1-20-18-15(12-4-6-13(17)7-5-12)8-9-16(19)22-11-14-3-2-10-21-14/h2-7,10H,8-9,11H2,1H3/b18-15+. The third-order valence-electron chi connectivity index (χ3n) is 2.90. The monoisotopic (exact) mass is 321 g/mol. The number of halogens is 1. The zero-order valence-electron chi connectivity index (χ0n) is 12.1. The Morgan fingerprint density at radius 1 is 1.23 bits per heavy atom. The molecule has 2 rings (SSSR count). The molecule has 0 amide bonds. The first-order valence-corrected chi connectivity index (χ1v) is 7.11. The highest BCUT2D eigenvalue weighted by Gasteiger charge is 2.10. The molecule has 6 heteroatoms. The summed E-state index contributed by atoms with van der Waals surface area (Å²) in [5, 5.41) is 4.59. The second-order valence-electron chi connectivity index (χ2n) is 4.47. The molecule has 0 aliphatic rings. The van der Waals surface area contributed by atoms with Gasteiger partial charge < -0.3 is 14.0 Å². The van der Waals surface area contributed by atoms with E-state index in [1.807, 2.05) is 12.1 Å². The summed E-state index contributed by atoms with van der Waals surface area (Å²) in [5.41, 5.74) is 1.51. The zero-order valence-corrected chi connectivity index (χ0v) is 12.9. The van der Waals surface area contributed by atoms with Crippen LogP contribution < -0.4 is 0 Å². The normalized spacial score (nSPS) is 11.3. The molecule has 0 unspecified atom stereocenters. The summed E-state index contributed by atoms with van der Waals surface area (Å²) in [4.78, 5) is 16.6. The third-order valence-corrected chi connectivity index (χ3v) is 3.15. The summed E-state index contributed by atoms with van der Waals surface area (Å²) in [7, 11) is 1.46. The molecule has 5 nitrogen and oxygen atoms in total. The van der Waals surface area contributed by atoms with Gasteiger partial charge in [-0.2, -0.15) is 0 Å². The molecule has 0 aliphatic carbocycles. The van der Waals surface area contributed by atoms with Crippen LogP contribution in [0.5, 0.6) is 0 Å². The van der Waals surface area contributed by atoms with E-state index in [1.54, 1.807) is 24.3 Å². The largest absolute Gasteiger partial charge is 0.466 e. The lowest BCUT2D eigenvalue weighted by Crippen LogP contribution is -2.09. The van der Waals surface area contributed by atoms with Gasteiger partial charge in [0.05, 0.1) is 18.4 Å². The van der Waals surface area contributed by atoms with E-state index in [1.165, 1.54) is 13.4 Å². The van der Waals surface area contributed by atoms with E-state index in [4.69, 9.17) is 25.6 Å². The maximum atomic E-state index is 11.8. The van der Waals surface area contributed by atoms with Gasteiger partial charge in [-0.15, -0.1) is 0 Å². The number of esters is 1. The minimum Gasteiger partial charge on any atom is -0.466 e. The fourth-order valence-corrected chi connectivity index (χ4v) is 1.96. The second kappa shape index (κ2) is 8.24. The number of hydrogen-bond donors (Lipinski definition) is 0. The molecule has 22 heavy (non-hydrogen) atoms. The number of benzene rings is 1. The quantitative estimate of drug-likeness (QED) is 0.442. The lowest BCUT2D eigenvalue weighted by Gasteiger charge is -2.06. The molecule has 0 spiro atoms. The van der Waals surface area contributed by atoms with Crippen molar-refractivity contribution in [3.05, 3.63) is 59.0 Å². The molecule has 1 aromatic heterocycles. The molecule has 0 aliphatic heterocycles. The molecular formula is C16H16ClNO4. The van der Waals surface area contributed by atoms with Crippen molar-refractivity contribution in [2.24, 2.45) is 5.16 Å². The first-order valence-electron chi connectivity index (χ1n) is 6.73. The maximum Gasteiger partial charge on any atom is 0.306 e. The van der Waals surface area contributed by atoms with Crippen LogP contribution >= 0.6 is 11.6 Å². The topological polar surface area (TPSA) is 61.0 Å². The van der Waals surface area contributed by atoms with E-state index in [0.29, 0.717) is 22.9 Å². The van der Waals surface area contributed by atoms with Gasteiger partial charge in [-0.05, 0) is 29.8 Å². The maximum absolute atomic E-state index is 11.8. The minimum atomic E-state index is -0.325. The SMILES string of the molecule is CO/N=C(\CCC(=O)OCc1ccco1)c1ccc(Cl)cc1. The summed E-state index contributed by atoms with van der Waals surface area (Å²) in [6.45, 7) is 0.129. The molecule has 116 valence electrons. The minimum absolute atomic E-state index is 0.129. The van der Waals surface area contributed by atoms with Gasteiger partial charge in [0.15, 0.2) is 0 Å². The molecule has 1 aromatic carbocycles. The van der Waals surface area contributed by atoms with Crippen LogP contribution in [0.2, 0.25) is 5.02 Å². The van der Waals surface area contributed by atoms with Crippen molar-refractivity contribution < 1.29 is 18.8 Å². The number of hydrogen-bond acceptors (Lipinski definition) is 5. The average Bonchev–Trinajstić information content (AvgIpc) is 3.04. The molecular weight excluding hydrogens is 306 g/mol. The van der Waals surface area contributed by atoms with Gasteiger partial charge in [0, 0.05) is 11.4 Å². The van der Waals surface area contributed by atoms with Gasteiger partial charge in [-0.1, -0.05) is 28.9 Å². The van der Waals surface area contributed by atoms with Crippen molar-refractivity contribution in [1.29, 1.82) is 0 Å². The Hall–Kier alpha value is -2.27. The van der Waals surface area contributed by atoms with Crippen molar-refractivity contribution in [1.82, 2.24) is 0 Å². The Bertz CT molecular complexity index is 620. The molecule has 0 atom stereocenters. The zero-order chi connectivity index (χ0) is 15.8. The van der Waals surface area contributed by atoms with Gasteiger partial charge in [0.2, 0.25) is 0 Å². The Morgan fingerprint density at radius 3 is 2.64 bits per heavy atom. The second-order valence-corrected chi connectivity index (χ2v) is 4.90. The fraction of sp³-hybridized carbons (Fsp3) is 0.250. The van der Waals surface area contributed by atoms with Crippen LogP contribution in [0.1, 0.15) is 24.2 Å². The first-order chi connectivity index (χ1) is 10.7. The molecule has 0 fully saturated rings. The molecule has 0 N–H and O–H groups in total. The van der Waals surface area contributed by atoms with Crippen LogP contribution in [-0.2, 0) is 21.0 Å². The van der Waals surface area contributed by atoms with Crippen LogP contribution in [0.3, 0.4) is 0 Å². The van der Waals surface area contributed by atoms with Gasteiger partial charge in [-0.25, -0.2) is 0 Å². The van der Waals surface area contributed by atoms with Crippen LogP contribution in [0, 0.1) is 0 Å². The Balaban J connectivity index is 1.87. The number of ether oxygens (including phenoxy) is 1. The molecule has 0 saturated carbocycles. The Morgan fingerprint density at radius 2 is 2.00 bits per heavy atom. The van der Waals surface area contributed by atoms with Crippen LogP contribution in [0.25, 0.3) is 0 Å².